The lowest BCUT2D eigenvalue weighted by Crippen LogP contribution is -2.56. The number of rotatable bonds is 4. The minimum atomic E-state index is -4.30. The van der Waals surface area contributed by atoms with Crippen molar-refractivity contribution in [3.8, 4) is 5.75 Å². The van der Waals surface area contributed by atoms with Crippen LogP contribution in [0.5, 0.6) is 5.75 Å². The average molecular weight is 468 g/mol. The second-order valence-electron chi connectivity index (χ2n) is 8.23. The number of aromatic amines is 1. The second kappa shape index (κ2) is 7.42. The molecular formula is C16H18B3F2N2O8P. The molecule has 0 saturated carbocycles. The van der Waals surface area contributed by atoms with Crippen molar-refractivity contribution < 1.29 is 36.8 Å². The van der Waals surface area contributed by atoms with Crippen molar-refractivity contribution in [1.29, 1.82) is 0 Å². The van der Waals surface area contributed by atoms with E-state index >= 15 is 4.39 Å². The minimum Gasteiger partial charge on any atom is -0.404 e. The molecule has 10 nitrogen and oxygen atoms in total. The molecule has 1 unspecified atom stereocenters. The van der Waals surface area contributed by atoms with E-state index in [0.717, 1.165) is 7.85 Å². The quantitative estimate of drug-likeness (QED) is 0.391. The number of alkyl halides is 1. The van der Waals surface area contributed by atoms with Crippen LogP contribution in [0.25, 0.3) is 0 Å². The van der Waals surface area contributed by atoms with E-state index in [2.05, 4.69) is 0 Å². The molecule has 1 aromatic carbocycles. The van der Waals surface area contributed by atoms with E-state index in [1.807, 2.05) is 0 Å². The molecule has 2 aliphatic heterocycles. The highest BCUT2D eigenvalue weighted by molar-refractivity contribution is 7.49. The van der Waals surface area contributed by atoms with Gasteiger partial charge in [-0.1, -0.05) is 18.2 Å². The summed E-state index contributed by atoms with van der Waals surface area (Å²) in [6, 6.07) is 6.64. The average Bonchev–Trinajstić information content (AvgIpc) is 2.94. The van der Waals surface area contributed by atoms with Gasteiger partial charge in [-0.25, -0.2) is 13.8 Å². The maximum atomic E-state index is 16.0. The van der Waals surface area contributed by atoms with E-state index < -0.39 is 54.3 Å². The highest BCUT2D eigenvalue weighted by Crippen LogP contribution is 2.59. The molecule has 4 atom stereocenters. The van der Waals surface area contributed by atoms with Crippen LogP contribution in [0.15, 0.2) is 40.1 Å². The predicted molar refractivity (Wildman–Crippen MR) is 114 cm³/mol. The highest BCUT2D eigenvalue weighted by Gasteiger charge is 2.63. The molecule has 0 bridgehead atoms. The summed E-state index contributed by atoms with van der Waals surface area (Å²) in [5, 5.41) is 8.53. The third-order valence-corrected chi connectivity index (χ3v) is 7.17. The summed E-state index contributed by atoms with van der Waals surface area (Å²) in [5.74, 6) is -3.91. The monoisotopic (exact) mass is 468 g/mol. The molecule has 3 heterocycles. The molecule has 0 radical (unpaired) electrons. The van der Waals surface area contributed by atoms with Crippen LogP contribution in [0.4, 0.5) is 8.78 Å². The van der Waals surface area contributed by atoms with E-state index in [1.54, 1.807) is 29.2 Å². The van der Waals surface area contributed by atoms with Gasteiger partial charge < -0.3 is 14.4 Å². The van der Waals surface area contributed by atoms with Crippen LogP contribution in [0, 0.1) is 5.82 Å². The van der Waals surface area contributed by atoms with Gasteiger partial charge in [-0.3, -0.25) is 23.4 Å². The van der Waals surface area contributed by atoms with E-state index in [9.17, 15) is 23.7 Å². The van der Waals surface area contributed by atoms with E-state index in [4.69, 9.17) is 18.3 Å². The molecule has 32 heavy (non-hydrogen) atoms. The van der Waals surface area contributed by atoms with Crippen molar-refractivity contribution in [2.45, 2.75) is 36.0 Å². The van der Waals surface area contributed by atoms with Gasteiger partial charge in [-0.05, 0) is 6.07 Å². The number of H-pyrrole nitrogens is 1. The standard InChI is InChI=1S/C16H18B3F2N2O8P/c17-15(23-6-9(20)12(25)22-13(23)26)11(24)5-14(21,30-15)16(18,19)31-32(27)28-7-8-3-1-2-4-10(8)29-32/h1-4,6,11,24H,5,7,17-19H2,(H,22,25,26)/t11-,14+,15+,32?/m1/s1. The molecule has 168 valence electrons. The Kier molecular flexibility index (Phi) is 5.34. The summed E-state index contributed by atoms with van der Waals surface area (Å²) in [5.41, 5.74) is -3.89. The van der Waals surface area contributed by atoms with Crippen LogP contribution in [0.3, 0.4) is 0 Å². The molecule has 1 fully saturated rings. The van der Waals surface area contributed by atoms with Crippen molar-refractivity contribution in [2.24, 2.45) is 0 Å². The third-order valence-electron chi connectivity index (χ3n) is 5.62. The van der Waals surface area contributed by atoms with Gasteiger partial charge in [-0.15, -0.1) is 0 Å². The number of aliphatic hydroxyl groups is 1. The second-order valence-corrected chi connectivity index (χ2v) is 9.75. The van der Waals surface area contributed by atoms with Crippen LogP contribution in [-0.4, -0.2) is 55.6 Å². The van der Waals surface area contributed by atoms with Gasteiger partial charge in [0.25, 0.3) is 5.56 Å². The number of aliphatic hydroxyl groups excluding tert-OH is 1. The lowest BCUT2D eigenvalue weighted by Gasteiger charge is -2.40. The Balaban J connectivity index is 1.63. The lowest BCUT2D eigenvalue weighted by atomic mass is 9.60. The lowest BCUT2D eigenvalue weighted by molar-refractivity contribution is -0.219. The van der Waals surface area contributed by atoms with Crippen molar-refractivity contribution in [3.63, 3.8) is 0 Å². The maximum absolute atomic E-state index is 16.0. The number of fused-ring (bicyclic) bond motifs is 1. The van der Waals surface area contributed by atoms with Gasteiger partial charge in [0.15, 0.2) is 7.85 Å². The summed E-state index contributed by atoms with van der Waals surface area (Å²) < 4.78 is 64.9. The Labute approximate surface area is 182 Å². The van der Waals surface area contributed by atoms with Crippen LogP contribution in [-0.2, 0) is 30.6 Å². The number of phosphoric acid groups is 1. The van der Waals surface area contributed by atoms with E-state index in [1.165, 1.54) is 15.7 Å². The van der Waals surface area contributed by atoms with Crippen LogP contribution in [0.1, 0.15) is 12.0 Å². The molecular weight excluding hydrogens is 450 g/mol. The van der Waals surface area contributed by atoms with Crippen molar-refractivity contribution in [3.05, 3.63) is 62.7 Å². The fourth-order valence-corrected chi connectivity index (χ4v) is 5.19. The van der Waals surface area contributed by atoms with Crippen molar-refractivity contribution >= 4 is 31.4 Å². The smallest absolute Gasteiger partial charge is 0.404 e. The van der Waals surface area contributed by atoms with Gasteiger partial charge in [0, 0.05) is 12.0 Å². The summed E-state index contributed by atoms with van der Waals surface area (Å²) in [6.07, 6.45) is -1.90. The first kappa shape index (κ1) is 23.0. The zero-order chi connectivity index (χ0) is 23.5. The Morgan fingerprint density at radius 2 is 2.03 bits per heavy atom. The summed E-state index contributed by atoms with van der Waals surface area (Å²) >= 11 is 0. The van der Waals surface area contributed by atoms with Crippen LogP contribution >= 0.6 is 7.82 Å². The SMILES string of the molecule is BC(B)(OP1(=O)OCc2ccccc2O1)[C@]1(F)C[C@@H](O)[C@](B)(n2cc(F)c(=O)[nH]c2=O)O1. The topological polar surface area (TPSA) is 129 Å². The molecule has 16 heteroatoms. The van der Waals surface area contributed by atoms with Crippen molar-refractivity contribution in [1.82, 2.24) is 9.55 Å². The molecule has 2 aliphatic rings. The van der Waals surface area contributed by atoms with E-state index in [0.29, 0.717) is 16.3 Å². The third kappa shape index (κ3) is 3.67. The van der Waals surface area contributed by atoms with Crippen LogP contribution < -0.4 is 15.8 Å². The Hall–Kier alpha value is -2.18. The predicted octanol–water partition coefficient (Wildman–Crippen LogP) is -1.98. The molecule has 4 rings (SSSR count). The molecule has 2 aromatic rings. The van der Waals surface area contributed by atoms with Gasteiger partial charge in [0.2, 0.25) is 11.7 Å². The molecule has 0 amide bonds. The Morgan fingerprint density at radius 3 is 2.75 bits per heavy atom. The van der Waals surface area contributed by atoms with Gasteiger partial charge in [-0.2, -0.15) is 4.39 Å². The van der Waals surface area contributed by atoms with E-state index in [-0.39, 0.29) is 12.4 Å². The highest BCUT2D eigenvalue weighted by atomic mass is 31.2. The van der Waals surface area contributed by atoms with Gasteiger partial charge in [0.1, 0.15) is 27.1 Å². The number of benzene rings is 1. The molecule has 1 aromatic heterocycles. The molecule has 1 saturated heterocycles. The van der Waals surface area contributed by atoms with Gasteiger partial charge >= 0.3 is 13.5 Å². The first-order valence-electron chi connectivity index (χ1n) is 9.61. The molecule has 0 spiro atoms. The Bertz CT molecular complexity index is 1240. The maximum Gasteiger partial charge on any atom is 0.529 e. The zero-order valence-electron chi connectivity index (χ0n) is 17.3. The number of nitrogens with zero attached hydrogens (tertiary/aromatic N) is 1. The number of para-hydroxylation sites is 1. The minimum absolute atomic E-state index is 0.101. The van der Waals surface area contributed by atoms with Gasteiger partial charge in [0.05, 0.1) is 24.3 Å². The fourth-order valence-electron chi connectivity index (χ4n) is 3.63. The number of hydrogen-bond acceptors (Lipinski definition) is 8. The summed E-state index contributed by atoms with van der Waals surface area (Å²) in [7, 11) is -0.752. The number of aromatic nitrogens is 2. The molecule has 0 aliphatic carbocycles. The fraction of sp³-hybridized carbons (Fsp3) is 0.375. The zero-order valence-corrected chi connectivity index (χ0v) is 18.2. The summed E-state index contributed by atoms with van der Waals surface area (Å²) in [4.78, 5) is 25.2. The van der Waals surface area contributed by atoms with Crippen molar-refractivity contribution in [2.75, 3.05) is 0 Å². The number of ether oxygens (including phenoxy) is 1. The summed E-state index contributed by atoms with van der Waals surface area (Å²) in [6.45, 7) is -0.101. The Morgan fingerprint density at radius 1 is 1.34 bits per heavy atom. The van der Waals surface area contributed by atoms with Crippen LogP contribution in [0.2, 0.25) is 0 Å². The largest absolute Gasteiger partial charge is 0.529 e. The molecule has 2 N–H and O–H groups in total. The number of hydrogen-bond donors (Lipinski definition) is 2. The number of phosphoric ester groups is 1. The number of halogens is 2. The normalized spacial score (nSPS) is 32.3. The first-order chi connectivity index (χ1) is 14.8. The number of nitrogens with one attached hydrogen (secondary N) is 1. The first-order valence-corrected chi connectivity index (χ1v) is 11.1.